The maximum absolute atomic E-state index is 5.41. The Labute approximate surface area is 127 Å². The SMILES string of the molecule is CN=C(NCCCCOCCOC)NCc1ccccc1. The van der Waals surface area contributed by atoms with Crippen molar-refractivity contribution >= 4 is 5.96 Å². The number of methoxy groups -OCH3 is 1. The van der Waals surface area contributed by atoms with Crippen LogP contribution in [-0.2, 0) is 16.0 Å². The molecule has 1 aromatic rings. The second kappa shape index (κ2) is 12.2. The summed E-state index contributed by atoms with van der Waals surface area (Å²) in [7, 11) is 3.47. The van der Waals surface area contributed by atoms with Crippen LogP contribution < -0.4 is 10.6 Å². The fourth-order valence-electron chi connectivity index (χ4n) is 1.78. The van der Waals surface area contributed by atoms with Crippen LogP contribution in [0.4, 0.5) is 0 Å². The maximum atomic E-state index is 5.41. The largest absolute Gasteiger partial charge is 0.382 e. The van der Waals surface area contributed by atoms with Gasteiger partial charge in [0.15, 0.2) is 5.96 Å². The summed E-state index contributed by atoms with van der Waals surface area (Å²) in [5.41, 5.74) is 1.24. The third kappa shape index (κ3) is 9.05. The molecule has 0 atom stereocenters. The average Bonchev–Trinajstić information content (AvgIpc) is 2.54. The minimum Gasteiger partial charge on any atom is -0.382 e. The Hall–Kier alpha value is -1.59. The number of unbranched alkanes of at least 4 members (excludes halogenated alkanes) is 1. The highest BCUT2D eigenvalue weighted by atomic mass is 16.5. The number of benzene rings is 1. The van der Waals surface area contributed by atoms with E-state index in [2.05, 4.69) is 27.8 Å². The standard InChI is InChI=1S/C16H27N3O2/c1-17-16(19-14-15-8-4-3-5-9-15)18-10-6-7-11-21-13-12-20-2/h3-5,8-9H,6-7,10-14H2,1-2H3,(H2,17,18,19). The molecule has 5 nitrogen and oxygen atoms in total. The van der Waals surface area contributed by atoms with Crippen molar-refractivity contribution in [3.8, 4) is 0 Å². The van der Waals surface area contributed by atoms with Crippen LogP contribution in [0.5, 0.6) is 0 Å². The van der Waals surface area contributed by atoms with Gasteiger partial charge in [-0.25, -0.2) is 0 Å². The predicted molar refractivity (Wildman–Crippen MR) is 86.6 cm³/mol. The summed E-state index contributed by atoms with van der Waals surface area (Å²) in [6.07, 6.45) is 2.09. The van der Waals surface area contributed by atoms with Crippen molar-refractivity contribution in [2.75, 3.05) is 40.5 Å². The Bertz CT molecular complexity index is 382. The topological polar surface area (TPSA) is 54.9 Å². The van der Waals surface area contributed by atoms with E-state index in [0.717, 1.165) is 38.5 Å². The van der Waals surface area contributed by atoms with Crippen molar-refractivity contribution < 1.29 is 9.47 Å². The summed E-state index contributed by atoms with van der Waals surface area (Å²) in [6, 6.07) is 10.3. The van der Waals surface area contributed by atoms with Crippen molar-refractivity contribution in [3.05, 3.63) is 35.9 Å². The van der Waals surface area contributed by atoms with Crippen molar-refractivity contribution in [2.24, 2.45) is 4.99 Å². The lowest BCUT2D eigenvalue weighted by molar-refractivity contribution is 0.0689. The van der Waals surface area contributed by atoms with E-state index in [-0.39, 0.29) is 0 Å². The normalized spacial score (nSPS) is 11.4. The van der Waals surface area contributed by atoms with Crippen molar-refractivity contribution in [1.29, 1.82) is 0 Å². The van der Waals surface area contributed by atoms with Gasteiger partial charge in [0.25, 0.3) is 0 Å². The molecule has 0 aliphatic rings. The summed E-state index contributed by atoms with van der Waals surface area (Å²) in [5.74, 6) is 0.833. The lowest BCUT2D eigenvalue weighted by atomic mass is 10.2. The Balaban J connectivity index is 2.04. The Kier molecular flexibility index (Phi) is 10.1. The van der Waals surface area contributed by atoms with Gasteiger partial charge in [0, 0.05) is 33.9 Å². The van der Waals surface area contributed by atoms with Crippen LogP contribution in [0.25, 0.3) is 0 Å². The maximum Gasteiger partial charge on any atom is 0.191 e. The number of guanidine groups is 1. The fraction of sp³-hybridized carbons (Fsp3) is 0.562. The summed E-state index contributed by atoms with van der Waals surface area (Å²) < 4.78 is 10.3. The number of hydrogen-bond donors (Lipinski definition) is 2. The average molecular weight is 293 g/mol. The number of aliphatic imine (C=N–C) groups is 1. The first-order chi connectivity index (χ1) is 10.4. The number of nitrogens with one attached hydrogen (secondary N) is 2. The molecule has 0 saturated heterocycles. The molecule has 0 fully saturated rings. The Morgan fingerprint density at radius 2 is 1.86 bits per heavy atom. The molecule has 0 unspecified atom stereocenters. The lowest BCUT2D eigenvalue weighted by Crippen LogP contribution is -2.37. The summed E-state index contributed by atoms with van der Waals surface area (Å²) >= 11 is 0. The minimum atomic E-state index is 0.661. The predicted octanol–water partition coefficient (Wildman–Crippen LogP) is 1.79. The molecule has 0 spiro atoms. The van der Waals surface area contributed by atoms with Crippen LogP contribution in [0.15, 0.2) is 35.3 Å². The van der Waals surface area contributed by atoms with Crippen molar-refractivity contribution in [3.63, 3.8) is 0 Å². The monoisotopic (exact) mass is 293 g/mol. The van der Waals surface area contributed by atoms with E-state index >= 15 is 0 Å². The first-order valence-corrected chi connectivity index (χ1v) is 7.42. The van der Waals surface area contributed by atoms with Gasteiger partial charge in [-0.2, -0.15) is 0 Å². The molecule has 21 heavy (non-hydrogen) atoms. The van der Waals surface area contributed by atoms with E-state index in [1.165, 1.54) is 5.56 Å². The lowest BCUT2D eigenvalue weighted by Gasteiger charge is -2.12. The summed E-state index contributed by atoms with van der Waals surface area (Å²) in [4.78, 5) is 4.21. The van der Waals surface area contributed by atoms with E-state index in [1.54, 1.807) is 14.2 Å². The zero-order valence-electron chi connectivity index (χ0n) is 13.1. The van der Waals surface area contributed by atoms with Crippen LogP contribution in [0.3, 0.4) is 0 Å². The van der Waals surface area contributed by atoms with E-state index < -0.39 is 0 Å². The molecule has 1 rings (SSSR count). The molecule has 0 aromatic heterocycles. The van der Waals surface area contributed by atoms with Gasteiger partial charge in [0.2, 0.25) is 0 Å². The smallest absolute Gasteiger partial charge is 0.191 e. The molecule has 0 amide bonds. The first kappa shape index (κ1) is 17.5. The number of rotatable bonds is 10. The Morgan fingerprint density at radius 3 is 2.57 bits per heavy atom. The molecule has 1 aromatic carbocycles. The number of hydrogen-bond acceptors (Lipinski definition) is 3. The molecular weight excluding hydrogens is 266 g/mol. The molecule has 0 saturated carbocycles. The first-order valence-electron chi connectivity index (χ1n) is 7.42. The Morgan fingerprint density at radius 1 is 1.05 bits per heavy atom. The van der Waals surface area contributed by atoms with Crippen LogP contribution in [-0.4, -0.2) is 46.5 Å². The summed E-state index contributed by atoms with van der Waals surface area (Å²) in [6.45, 7) is 3.78. The zero-order valence-corrected chi connectivity index (χ0v) is 13.1. The zero-order chi connectivity index (χ0) is 15.2. The van der Waals surface area contributed by atoms with Gasteiger partial charge in [-0.15, -0.1) is 0 Å². The van der Waals surface area contributed by atoms with Gasteiger partial charge in [0.1, 0.15) is 0 Å². The van der Waals surface area contributed by atoms with E-state index in [0.29, 0.717) is 13.2 Å². The summed E-state index contributed by atoms with van der Waals surface area (Å²) in [5, 5.41) is 6.60. The minimum absolute atomic E-state index is 0.661. The van der Waals surface area contributed by atoms with E-state index in [1.807, 2.05) is 18.2 Å². The second-order valence-corrected chi connectivity index (χ2v) is 4.65. The molecule has 0 heterocycles. The van der Waals surface area contributed by atoms with Gasteiger partial charge < -0.3 is 20.1 Å². The van der Waals surface area contributed by atoms with Crippen molar-refractivity contribution in [1.82, 2.24) is 10.6 Å². The third-order valence-corrected chi connectivity index (χ3v) is 2.97. The molecule has 118 valence electrons. The molecule has 0 aliphatic carbocycles. The number of ether oxygens (including phenoxy) is 2. The van der Waals surface area contributed by atoms with Gasteiger partial charge in [-0.3, -0.25) is 4.99 Å². The molecule has 2 N–H and O–H groups in total. The van der Waals surface area contributed by atoms with Gasteiger partial charge in [-0.05, 0) is 18.4 Å². The highest BCUT2D eigenvalue weighted by molar-refractivity contribution is 5.79. The van der Waals surface area contributed by atoms with Crippen LogP contribution in [0.1, 0.15) is 18.4 Å². The van der Waals surface area contributed by atoms with Crippen LogP contribution >= 0.6 is 0 Å². The van der Waals surface area contributed by atoms with E-state index in [4.69, 9.17) is 9.47 Å². The van der Waals surface area contributed by atoms with Gasteiger partial charge >= 0.3 is 0 Å². The third-order valence-electron chi connectivity index (χ3n) is 2.97. The highest BCUT2D eigenvalue weighted by Gasteiger charge is 1.97. The quantitative estimate of drug-likeness (QED) is 0.392. The van der Waals surface area contributed by atoms with Crippen LogP contribution in [0, 0.1) is 0 Å². The molecule has 0 bridgehead atoms. The van der Waals surface area contributed by atoms with Crippen molar-refractivity contribution in [2.45, 2.75) is 19.4 Å². The molecule has 0 radical (unpaired) electrons. The van der Waals surface area contributed by atoms with Crippen LogP contribution in [0.2, 0.25) is 0 Å². The fourth-order valence-corrected chi connectivity index (χ4v) is 1.78. The molecule has 5 heteroatoms. The highest BCUT2D eigenvalue weighted by Crippen LogP contribution is 1.97. The van der Waals surface area contributed by atoms with Gasteiger partial charge in [-0.1, -0.05) is 30.3 Å². The number of nitrogens with zero attached hydrogens (tertiary/aromatic N) is 1. The second-order valence-electron chi connectivity index (χ2n) is 4.65. The van der Waals surface area contributed by atoms with Gasteiger partial charge in [0.05, 0.1) is 13.2 Å². The molecule has 0 aliphatic heterocycles. The molecular formula is C16H27N3O2. The van der Waals surface area contributed by atoms with E-state index in [9.17, 15) is 0 Å².